The van der Waals surface area contributed by atoms with Gasteiger partial charge in [-0.25, -0.2) is 0 Å². The number of hydrogen-bond acceptors (Lipinski definition) is 3. The molecule has 0 saturated carbocycles. The van der Waals surface area contributed by atoms with Gasteiger partial charge in [0.1, 0.15) is 0 Å². The molecule has 2 saturated heterocycles. The molecule has 5 heteroatoms. The lowest BCUT2D eigenvalue weighted by Crippen LogP contribution is -2.45. The van der Waals surface area contributed by atoms with Crippen molar-refractivity contribution >= 4 is 11.8 Å². The van der Waals surface area contributed by atoms with Crippen molar-refractivity contribution < 1.29 is 9.59 Å². The minimum Gasteiger partial charge on any atom is -0.346 e. The van der Waals surface area contributed by atoms with E-state index in [1.165, 1.54) is 0 Å². The Hall–Kier alpha value is -1.10. The number of nitrogens with zero attached hydrogens (tertiary/aromatic N) is 1. The smallest absolute Gasteiger partial charge is 0.241 e. The van der Waals surface area contributed by atoms with Gasteiger partial charge in [-0.2, -0.15) is 0 Å². The van der Waals surface area contributed by atoms with Crippen LogP contribution in [0.25, 0.3) is 0 Å². The van der Waals surface area contributed by atoms with E-state index in [2.05, 4.69) is 10.6 Å². The summed E-state index contributed by atoms with van der Waals surface area (Å²) in [5.41, 5.74) is 0. The van der Waals surface area contributed by atoms with Gasteiger partial charge in [-0.05, 0) is 32.2 Å². The van der Waals surface area contributed by atoms with Crippen LogP contribution in [0, 0.1) is 0 Å². The molecule has 16 heavy (non-hydrogen) atoms. The third-order valence-corrected chi connectivity index (χ3v) is 3.25. The van der Waals surface area contributed by atoms with Crippen LogP contribution in [0.5, 0.6) is 0 Å². The second-order valence-electron chi connectivity index (χ2n) is 4.45. The van der Waals surface area contributed by atoms with Crippen molar-refractivity contribution in [3.63, 3.8) is 0 Å². The van der Waals surface area contributed by atoms with Gasteiger partial charge in [0.2, 0.25) is 11.8 Å². The Kier molecular flexibility index (Phi) is 3.77. The standard InChI is InChI=1S/C11H19N3O2/c15-10(14-6-1-2-7-14)8-13-11(16)9-4-3-5-12-9/h9,12H,1-8H2,(H,13,16)/t9-/m0/s1. The van der Waals surface area contributed by atoms with E-state index in [1.54, 1.807) is 0 Å². The van der Waals surface area contributed by atoms with Crippen LogP contribution in [0.2, 0.25) is 0 Å². The molecule has 2 heterocycles. The molecule has 2 aliphatic heterocycles. The van der Waals surface area contributed by atoms with Crippen molar-refractivity contribution in [2.45, 2.75) is 31.7 Å². The van der Waals surface area contributed by atoms with Crippen LogP contribution in [-0.4, -0.2) is 48.9 Å². The molecule has 0 aromatic heterocycles. The minimum absolute atomic E-state index is 0.0370. The Morgan fingerprint density at radius 1 is 1.25 bits per heavy atom. The Bertz CT molecular complexity index is 240. The Labute approximate surface area is 95.6 Å². The van der Waals surface area contributed by atoms with Gasteiger partial charge in [0, 0.05) is 13.1 Å². The summed E-state index contributed by atoms with van der Waals surface area (Å²) in [4.78, 5) is 25.1. The van der Waals surface area contributed by atoms with Crippen LogP contribution in [0.4, 0.5) is 0 Å². The van der Waals surface area contributed by atoms with Crippen LogP contribution >= 0.6 is 0 Å². The number of nitrogens with one attached hydrogen (secondary N) is 2. The first kappa shape index (κ1) is 11.4. The van der Waals surface area contributed by atoms with Gasteiger partial charge in [-0.1, -0.05) is 0 Å². The van der Waals surface area contributed by atoms with Crippen molar-refractivity contribution in [3.8, 4) is 0 Å². The average Bonchev–Trinajstić information content (AvgIpc) is 2.95. The molecule has 0 radical (unpaired) electrons. The lowest BCUT2D eigenvalue weighted by molar-refractivity contribution is -0.132. The van der Waals surface area contributed by atoms with Crippen molar-refractivity contribution in [2.75, 3.05) is 26.2 Å². The van der Waals surface area contributed by atoms with Crippen LogP contribution in [0.1, 0.15) is 25.7 Å². The maximum atomic E-state index is 11.7. The van der Waals surface area contributed by atoms with Crippen molar-refractivity contribution in [2.24, 2.45) is 0 Å². The van der Waals surface area contributed by atoms with Gasteiger partial charge in [0.15, 0.2) is 0 Å². The first-order valence-corrected chi connectivity index (χ1v) is 6.06. The molecule has 0 aromatic carbocycles. The molecule has 2 rings (SSSR count). The Balaban J connectivity index is 1.69. The normalized spacial score (nSPS) is 24.8. The fourth-order valence-electron chi connectivity index (χ4n) is 2.27. The average molecular weight is 225 g/mol. The predicted octanol–water partition coefficient (Wildman–Crippen LogP) is -0.523. The summed E-state index contributed by atoms with van der Waals surface area (Å²) in [7, 11) is 0. The molecule has 2 N–H and O–H groups in total. The highest BCUT2D eigenvalue weighted by Crippen LogP contribution is 2.07. The molecular formula is C11H19N3O2. The zero-order valence-corrected chi connectivity index (χ0v) is 9.50. The molecule has 2 fully saturated rings. The summed E-state index contributed by atoms with van der Waals surface area (Å²) < 4.78 is 0. The fourth-order valence-corrected chi connectivity index (χ4v) is 2.27. The van der Waals surface area contributed by atoms with Gasteiger partial charge in [-0.3, -0.25) is 9.59 Å². The molecule has 2 amide bonds. The molecule has 0 spiro atoms. The van der Waals surface area contributed by atoms with Gasteiger partial charge >= 0.3 is 0 Å². The highest BCUT2D eigenvalue weighted by Gasteiger charge is 2.23. The summed E-state index contributed by atoms with van der Waals surface area (Å²) in [6.45, 7) is 2.74. The quantitative estimate of drug-likeness (QED) is 0.679. The maximum absolute atomic E-state index is 11.7. The summed E-state index contributed by atoms with van der Waals surface area (Å²) in [6.07, 6.45) is 4.09. The second-order valence-corrected chi connectivity index (χ2v) is 4.45. The van der Waals surface area contributed by atoms with Gasteiger partial charge in [-0.15, -0.1) is 0 Å². The van der Waals surface area contributed by atoms with E-state index in [4.69, 9.17) is 0 Å². The van der Waals surface area contributed by atoms with Crippen LogP contribution in [0.15, 0.2) is 0 Å². The maximum Gasteiger partial charge on any atom is 0.241 e. The highest BCUT2D eigenvalue weighted by molar-refractivity contribution is 5.87. The number of hydrogen-bond donors (Lipinski definition) is 2. The highest BCUT2D eigenvalue weighted by atomic mass is 16.2. The molecule has 1 atom stereocenters. The number of carbonyl (C=O) groups excluding carboxylic acids is 2. The lowest BCUT2D eigenvalue weighted by atomic mass is 10.2. The van der Waals surface area contributed by atoms with Crippen LogP contribution < -0.4 is 10.6 Å². The summed E-state index contributed by atoms with van der Waals surface area (Å²) in [5.74, 6) is 0.00824. The summed E-state index contributed by atoms with van der Waals surface area (Å²) in [5, 5.41) is 5.82. The summed E-state index contributed by atoms with van der Waals surface area (Å²) >= 11 is 0. The fraction of sp³-hybridized carbons (Fsp3) is 0.818. The third-order valence-electron chi connectivity index (χ3n) is 3.25. The van der Waals surface area contributed by atoms with Crippen molar-refractivity contribution in [3.05, 3.63) is 0 Å². The minimum atomic E-state index is -0.0913. The van der Waals surface area contributed by atoms with Crippen LogP contribution in [0.3, 0.4) is 0 Å². The van der Waals surface area contributed by atoms with E-state index in [1.807, 2.05) is 4.90 Å². The predicted molar refractivity (Wildman–Crippen MR) is 59.8 cm³/mol. The van der Waals surface area contributed by atoms with E-state index in [9.17, 15) is 9.59 Å². The van der Waals surface area contributed by atoms with E-state index in [0.717, 1.165) is 45.3 Å². The van der Waals surface area contributed by atoms with E-state index >= 15 is 0 Å². The number of likely N-dealkylation sites (tertiary alicyclic amines) is 1. The summed E-state index contributed by atoms with van der Waals surface area (Å²) in [6, 6.07) is -0.0913. The number of carbonyl (C=O) groups is 2. The topological polar surface area (TPSA) is 61.4 Å². The number of amides is 2. The molecular weight excluding hydrogens is 206 g/mol. The van der Waals surface area contributed by atoms with E-state index in [0.29, 0.717) is 0 Å². The Morgan fingerprint density at radius 3 is 2.62 bits per heavy atom. The first-order chi connectivity index (χ1) is 7.77. The first-order valence-electron chi connectivity index (χ1n) is 6.06. The molecule has 0 aliphatic carbocycles. The number of rotatable bonds is 3. The molecule has 2 aliphatic rings. The van der Waals surface area contributed by atoms with Crippen molar-refractivity contribution in [1.82, 2.24) is 15.5 Å². The van der Waals surface area contributed by atoms with Crippen molar-refractivity contribution in [1.29, 1.82) is 0 Å². The van der Waals surface area contributed by atoms with Gasteiger partial charge in [0.25, 0.3) is 0 Å². The molecule has 90 valence electrons. The molecule has 0 unspecified atom stereocenters. The van der Waals surface area contributed by atoms with Crippen LogP contribution in [-0.2, 0) is 9.59 Å². The molecule has 5 nitrogen and oxygen atoms in total. The second kappa shape index (κ2) is 5.30. The monoisotopic (exact) mass is 225 g/mol. The Morgan fingerprint density at radius 2 is 2.00 bits per heavy atom. The lowest BCUT2D eigenvalue weighted by Gasteiger charge is -2.16. The molecule has 0 bridgehead atoms. The van der Waals surface area contributed by atoms with Gasteiger partial charge in [0.05, 0.1) is 12.6 Å². The van der Waals surface area contributed by atoms with E-state index in [-0.39, 0.29) is 24.4 Å². The largest absolute Gasteiger partial charge is 0.346 e. The molecule has 0 aromatic rings. The zero-order chi connectivity index (χ0) is 11.4. The zero-order valence-electron chi connectivity index (χ0n) is 9.50. The third kappa shape index (κ3) is 2.72. The van der Waals surface area contributed by atoms with Gasteiger partial charge < -0.3 is 15.5 Å². The SMILES string of the molecule is O=C(NCC(=O)N1CCCC1)[C@@H]1CCCN1. The van der Waals surface area contributed by atoms with E-state index < -0.39 is 0 Å².